The van der Waals surface area contributed by atoms with Crippen LogP contribution in [-0.2, 0) is 4.74 Å². The molecule has 1 atom stereocenters. The average molecular weight is 155 g/mol. The van der Waals surface area contributed by atoms with E-state index in [2.05, 4.69) is 5.32 Å². The standard InChI is InChI=1S/C9H17NO/c1-4-10-7-9(1)8-2-5-11-6-3-8/h8-10H,1-7H2/t9-/m0/s1. The summed E-state index contributed by atoms with van der Waals surface area (Å²) in [4.78, 5) is 0. The van der Waals surface area contributed by atoms with Crippen molar-refractivity contribution in [3.05, 3.63) is 0 Å². The number of ether oxygens (including phenoxy) is 1. The zero-order valence-corrected chi connectivity index (χ0v) is 7.01. The lowest BCUT2D eigenvalue weighted by atomic mass is 9.85. The molecule has 0 bridgehead atoms. The molecule has 0 radical (unpaired) electrons. The Morgan fingerprint density at radius 1 is 1.00 bits per heavy atom. The second-order valence-electron chi connectivity index (χ2n) is 3.70. The van der Waals surface area contributed by atoms with Crippen molar-refractivity contribution < 1.29 is 4.74 Å². The van der Waals surface area contributed by atoms with Gasteiger partial charge in [-0.3, -0.25) is 0 Å². The Bertz CT molecular complexity index is 115. The van der Waals surface area contributed by atoms with Gasteiger partial charge in [0, 0.05) is 13.2 Å². The van der Waals surface area contributed by atoms with Crippen LogP contribution >= 0.6 is 0 Å². The Hall–Kier alpha value is -0.0800. The summed E-state index contributed by atoms with van der Waals surface area (Å²) in [5, 5.41) is 3.43. The first kappa shape index (κ1) is 7.56. The van der Waals surface area contributed by atoms with E-state index in [1.165, 1.54) is 32.4 Å². The van der Waals surface area contributed by atoms with E-state index in [0.29, 0.717) is 0 Å². The average Bonchev–Trinajstić information content (AvgIpc) is 2.58. The summed E-state index contributed by atoms with van der Waals surface area (Å²) in [6.07, 6.45) is 3.99. The number of nitrogens with one attached hydrogen (secondary N) is 1. The van der Waals surface area contributed by atoms with Gasteiger partial charge in [0.25, 0.3) is 0 Å². The van der Waals surface area contributed by atoms with Gasteiger partial charge >= 0.3 is 0 Å². The number of hydrogen-bond donors (Lipinski definition) is 1. The van der Waals surface area contributed by atoms with E-state index in [0.717, 1.165) is 25.0 Å². The molecule has 0 aromatic carbocycles. The van der Waals surface area contributed by atoms with E-state index in [1.54, 1.807) is 0 Å². The maximum atomic E-state index is 5.34. The van der Waals surface area contributed by atoms with Gasteiger partial charge in [0.15, 0.2) is 0 Å². The van der Waals surface area contributed by atoms with Crippen molar-refractivity contribution in [1.82, 2.24) is 5.32 Å². The molecule has 2 saturated heterocycles. The van der Waals surface area contributed by atoms with Crippen LogP contribution in [0.4, 0.5) is 0 Å². The molecule has 1 N–H and O–H groups in total. The lowest BCUT2D eigenvalue weighted by Gasteiger charge is -2.26. The second kappa shape index (κ2) is 3.55. The normalized spacial score (nSPS) is 34.4. The van der Waals surface area contributed by atoms with E-state index < -0.39 is 0 Å². The first-order valence-electron chi connectivity index (χ1n) is 4.75. The van der Waals surface area contributed by atoms with Crippen molar-refractivity contribution in [2.24, 2.45) is 11.8 Å². The summed E-state index contributed by atoms with van der Waals surface area (Å²) >= 11 is 0. The predicted molar refractivity (Wildman–Crippen MR) is 44.5 cm³/mol. The lowest BCUT2D eigenvalue weighted by molar-refractivity contribution is 0.0497. The first-order chi connectivity index (χ1) is 5.47. The van der Waals surface area contributed by atoms with Crippen molar-refractivity contribution in [3.8, 4) is 0 Å². The van der Waals surface area contributed by atoms with Crippen molar-refractivity contribution in [3.63, 3.8) is 0 Å². The van der Waals surface area contributed by atoms with Crippen LogP contribution in [0, 0.1) is 11.8 Å². The van der Waals surface area contributed by atoms with Crippen molar-refractivity contribution >= 4 is 0 Å². The second-order valence-corrected chi connectivity index (χ2v) is 3.70. The molecule has 2 fully saturated rings. The van der Waals surface area contributed by atoms with Crippen LogP contribution in [0.1, 0.15) is 19.3 Å². The van der Waals surface area contributed by atoms with E-state index >= 15 is 0 Å². The fourth-order valence-electron chi connectivity index (χ4n) is 2.27. The molecule has 11 heavy (non-hydrogen) atoms. The highest BCUT2D eigenvalue weighted by atomic mass is 16.5. The summed E-state index contributed by atoms with van der Waals surface area (Å²) in [7, 11) is 0. The van der Waals surface area contributed by atoms with Crippen LogP contribution in [0.15, 0.2) is 0 Å². The number of hydrogen-bond acceptors (Lipinski definition) is 2. The molecule has 0 aromatic rings. The highest BCUT2D eigenvalue weighted by Crippen LogP contribution is 2.27. The van der Waals surface area contributed by atoms with Gasteiger partial charge in [0.05, 0.1) is 0 Å². The molecule has 2 heteroatoms. The molecule has 0 unspecified atom stereocenters. The Labute approximate surface area is 68.3 Å². The Morgan fingerprint density at radius 3 is 2.45 bits per heavy atom. The highest BCUT2D eigenvalue weighted by Gasteiger charge is 2.25. The first-order valence-corrected chi connectivity index (χ1v) is 4.75. The van der Waals surface area contributed by atoms with Crippen molar-refractivity contribution in [2.75, 3.05) is 26.3 Å². The van der Waals surface area contributed by atoms with Crippen LogP contribution in [0.25, 0.3) is 0 Å². The summed E-state index contributed by atoms with van der Waals surface area (Å²) in [5.74, 6) is 1.91. The van der Waals surface area contributed by atoms with Gasteiger partial charge in [-0.15, -0.1) is 0 Å². The van der Waals surface area contributed by atoms with Crippen LogP contribution < -0.4 is 5.32 Å². The molecule has 0 spiro atoms. The molecule has 2 aliphatic rings. The van der Waals surface area contributed by atoms with E-state index in [-0.39, 0.29) is 0 Å². The molecule has 0 aliphatic carbocycles. The van der Waals surface area contributed by atoms with Gasteiger partial charge in [0.1, 0.15) is 0 Å². The lowest BCUT2D eigenvalue weighted by Crippen LogP contribution is -2.24. The summed E-state index contributed by atoms with van der Waals surface area (Å²) in [6, 6.07) is 0. The van der Waals surface area contributed by atoms with E-state index in [9.17, 15) is 0 Å². The third-order valence-electron chi connectivity index (χ3n) is 3.03. The highest BCUT2D eigenvalue weighted by molar-refractivity contribution is 4.79. The van der Waals surface area contributed by atoms with E-state index in [4.69, 9.17) is 4.74 Å². The van der Waals surface area contributed by atoms with Gasteiger partial charge in [-0.2, -0.15) is 0 Å². The van der Waals surface area contributed by atoms with Crippen molar-refractivity contribution in [1.29, 1.82) is 0 Å². The van der Waals surface area contributed by atoms with Gasteiger partial charge in [-0.05, 0) is 44.2 Å². The maximum Gasteiger partial charge on any atom is 0.0468 e. The third kappa shape index (κ3) is 1.74. The fraction of sp³-hybridized carbons (Fsp3) is 1.00. The Balaban J connectivity index is 1.82. The molecule has 2 heterocycles. The van der Waals surface area contributed by atoms with Gasteiger partial charge in [0.2, 0.25) is 0 Å². The largest absolute Gasteiger partial charge is 0.381 e. The monoisotopic (exact) mass is 155 g/mol. The maximum absolute atomic E-state index is 5.34. The zero-order chi connectivity index (χ0) is 7.52. The molecular formula is C9H17NO. The zero-order valence-electron chi connectivity index (χ0n) is 7.01. The molecular weight excluding hydrogens is 138 g/mol. The van der Waals surface area contributed by atoms with Gasteiger partial charge < -0.3 is 10.1 Å². The molecule has 64 valence electrons. The van der Waals surface area contributed by atoms with Crippen molar-refractivity contribution in [2.45, 2.75) is 19.3 Å². The molecule has 2 aliphatic heterocycles. The summed E-state index contributed by atoms with van der Waals surface area (Å²) in [5.41, 5.74) is 0. The van der Waals surface area contributed by atoms with Crippen LogP contribution in [0.3, 0.4) is 0 Å². The quantitative estimate of drug-likeness (QED) is 0.610. The SMILES string of the molecule is C1C[C@H](C2CCOCC2)CN1. The molecule has 0 amide bonds. The summed E-state index contributed by atoms with van der Waals surface area (Å²) in [6.45, 7) is 4.50. The summed E-state index contributed by atoms with van der Waals surface area (Å²) < 4.78 is 5.34. The third-order valence-corrected chi connectivity index (χ3v) is 3.03. The topological polar surface area (TPSA) is 21.3 Å². The van der Waals surface area contributed by atoms with Gasteiger partial charge in [-0.25, -0.2) is 0 Å². The molecule has 2 nitrogen and oxygen atoms in total. The van der Waals surface area contributed by atoms with E-state index in [1.807, 2.05) is 0 Å². The molecule has 0 aromatic heterocycles. The van der Waals surface area contributed by atoms with Crippen LogP contribution in [0.5, 0.6) is 0 Å². The smallest absolute Gasteiger partial charge is 0.0468 e. The minimum Gasteiger partial charge on any atom is -0.381 e. The predicted octanol–water partition coefficient (Wildman–Crippen LogP) is 1.02. The minimum atomic E-state index is 0.957. The van der Waals surface area contributed by atoms with Gasteiger partial charge in [-0.1, -0.05) is 0 Å². The molecule has 0 saturated carbocycles. The van der Waals surface area contributed by atoms with Crippen LogP contribution in [-0.4, -0.2) is 26.3 Å². The van der Waals surface area contributed by atoms with Crippen LogP contribution in [0.2, 0.25) is 0 Å². The number of rotatable bonds is 1. The molecule has 2 rings (SSSR count). The fourth-order valence-corrected chi connectivity index (χ4v) is 2.27. The Morgan fingerprint density at radius 2 is 1.82 bits per heavy atom. The Kier molecular flexibility index (Phi) is 2.44. The minimum absolute atomic E-state index is 0.957.